The molecule has 0 unspecified atom stereocenters. The quantitative estimate of drug-likeness (QED) is 0.945. The minimum atomic E-state index is -0.399. The molecule has 0 saturated carbocycles. The fourth-order valence-corrected chi connectivity index (χ4v) is 4.12. The maximum absolute atomic E-state index is 12.3. The van der Waals surface area contributed by atoms with Gasteiger partial charge in [0, 0.05) is 23.3 Å². The maximum Gasteiger partial charge on any atom is 0.273 e. The van der Waals surface area contributed by atoms with Gasteiger partial charge < -0.3 is 10.0 Å². The first-order chi connectivity index (χ1) is 10.1. The Hall–Kier alpha value is -1.24. The minimum Gasteiger partial charge on any atom is -0.387 e. The first kappa shape index (κ1) is 14.7. The highest BCUT2D eigenvalue weighted by molar-refractivity contribution is 7.10. The zero-order valence-electron chi connectivity index (χ0n) is 11.9. The number of aliphatic hydroxyl groups excluding tert-OH is 1. The summed E-state index contributed by atoms with van der Waals surface area (Å²) in [4.78, 5) is 19.5. The molecule has 0 aliphatic carbocycles. The van der Waals surface area contributed by atoms with E-state index in [0.717, 1.165) is 22.7 Å². The van der Waals surface area contributed by atoms with Crippen molar-refractivity contribution in [1.82, 2.24) is 9.88 Å². The van der Waals surface area contributed by atoms with Crippen LogP contribution in [0.1, 0.15) is 39.3 Å². The third kappa shape index (κ3) is 3.17. The van der Waals surface area contributed by atoms with Gasteiger partial charge in [-0.05, 0) is 37.1 Å². The summed E-state index contributed by atoms with van der Waals surface area (Å²) in [6.45, 7) is 3.30. The number of thiazole rings is 1. The predicted octanol–water partition coefficient (Wildman–Crippen LogP) is 3.10. The van der Waals surface area contributed by atoms with E-state index in [4.69, 9.17) is 0 Å². The molecule has 3 heterocycles. The number of piperidine rings is 1. The number of thiophene rings is 1. The molecule has 3 rings (SSSR count). The minimum absolute atomic E-state index is 0.0170. The Morgan fingerprint density at radius 2 is 2.19 bits per heavy atom. The zero-order valence-corrected chi connectivity index (χ0v) is 13.5. The maximum atomic E-state index is 12.3. The second-order valence-corrected chi connectivity index (χ2v) is 7.38. The van der Waals surface area contributed by atoms with Gasteiger partial charge in [-0.2, -0.15) is 0 Å². The summed E-state index contributed by atoms with van der Waals surface area (Å²) in [5, 5.41) is 15.1. The number of rotatable bonds is 3. The van der Waals surface area contributed by atoms with Gasteiger partial charge in [0.25, 0.3) is 5.91 Å². The molecular formula is C15H18N2O2S2. The van der Waals surface area contributed by atoms with E-state index in [1.165, 1.54) is 11.3 Å². The van der Waals surface area contributed by atoms with Gasteiger partial charge in [-0.15, -0.1) is 22.7 Å². The second-order valence-electron chi connectivity index (χ2n) is 5.34. The third-order valence-electron chi connectivity index (χ3n) is 3.95. The van der Waals surface area contributed by atoms with Crippen LogP contribution in [-0.2, 0) is 0 Å². The highest BCUT2D eigenvalue weighted by atomic mass is 32.1. The van der Waals surface area contributed by atoms with Gasteiger partial charge >= 0.3 is 0 Å². The van der Waals surface area contributed by atoms with Crippen molar-refractivity contribution in [3.8, 4) is 0 Å². The number of nitrogens with zero attached hydrogens (tertiary/aromatic N) is 2. The molecule has 1 atom stereocenters. The number of hydrogen-bond donors (Lipinski definition) is 1. The van der Waals surface area contributed by atoms with Crippen molar-refractivity contribution >= 4 is 28.6 Å². The first-order valence-corrected chi connectivity index (χ1v) is 8.84. The number of hydrogen-bond acceptors (Lipinski definition) is 5. The molecule has 1 aliphatic rings. The molecular weight excluding hydrogens is 304 g/mol. The molecule has 0 aromatic carbocycles. The summed E-state index contributed by atoms with van der Waals surface area (Å²) in [5.41, 5.74) is 0.551. The van der Waals surface area contributed by atoms with E-state index in [1.54, 1.807) is 11.3 Å². The zero-order chi connectivity index (χ0) is 14.8. The van der Waals surface area contributed by atoms with Gasteiger partial charge in [0.2, 0.25) is 0 Å². The van der Waals surface area contributed by atoms with Crippen LogP contribution in [0.3, 0.4) is 0 Å². The Bertz CT molecular complexity index is 601. The average molecular weight is 322 g/mol. The number of aliphatic hydroxyl groups is 1. The summed E-state index contributed by atoms with van der Waals surface area (Å²) in [6.07, 6.45) is 1.28. The molecule has 0 radical (unpaired) electrons. The van der Waals surface area contributed by atoms with E-state index in [9.17, 15) is 9.90 Å². The van der Waals surface area contributed by atoms with Crippen molar-refractivity contribution in [2.24, 2.45) is 5.92 Å². The Morgan fingerprint density at radius 1 is 1.43 bits per heavy atom. The van der Waals surface area contributed by atoms with Gasteiger partial charge in [0.05, 0.1) is 11.1 Å². The van der Waals surface area contributed by atoms with Crippen LogP contribution in [0, 0.1) is 12.8 Å². The predicted molar refractivity (Wildman–Crippen MR) is 84.8 cm³/mol. The standard InChI is InChI=1S/C15H18N2O2S2/c1-10-16-12(9-21-10)15(19)17-6-4-11(5-7-17)14(18)13-3-2-8-20-13/h2-3,8-9,11,14,18H,4-7H2,1H3/t14-/m1/s1. The van der Waals surface area contributed by atoms with Crippen molar-refractivity contribution in [1.29, 1.82) is 0 Å². The monoisotopic (exact) mass is 322 g/mol. The van der Waals surface area contributed by atoms with E-state index >= 15 is 0 Å². The molecule has 0 spiro atoms. The van der Waals surface area contributed by atoms with Crippen LogP contribution in [0.4, 0.5) is 0 Å². The molecule has 2 aromatic heterocycles. The summed E-state index contributed by atoms with van der Waals surface area (Å²) >= 11 is 3.10. The van der Waals surface area contributed by atoms with E-state index in [0.29, 0.717) is 18.8 Å². The summed E-state index contributed by atoms with van der Waals surface area (Å²) < 4.78 is 0. The Morgan fingerprint density at radius 3 is 2.76 bits per heavy atom. The highest BCUT2D eigenvalue weighted by Gasteiger charge is 2.29. The van der Waals surface area contributed by atoms with Crippen molar-refractivity contribution in [3.63, 3.8) is 0 Å². The Balaban J connectivity index is 1.59. The molecule has 112 valence electrons. The highest BCUT2D eigenvalue weighted by Crippen LogP contribution is 2.33. The molecule has 1 amide bonds. The summed E-state index contributed by atoms with van der Waals surface area (Å²) in [7, 11) is 0. The molecule has 1 fully saturated rings. The molecule has 1 aliphatic heterocycles. The first-order valence-electron chi connectivity index (χ1n) is 7.08. The van der Waals surface area contributed by atoms with Crippen LogP contribution < -0.4 is 0 Å². The van der Waals surface area contributed by atoms with E-state index in [1.807, 2.05) is 34.7 Å². The van der Waals surface area contributed by atoms with Gasteiger partial charge in [-0.1, -0.05) is 6.07 Å². The lowest BCUT2D eigenvalue weighted by atomic mass is 9.90. The molecule has 1 N–H and O–H groups in total. The van der Waals surface area contributed by atoms with E-state index in [-0.39, 0.29) is 11.8 Å². The van der Waals surface area contributed by atoms with Crippen molar-refractivity contribution in [3.05, 3.63) is 38.5 Å². The van der Waals surface area contributed by atoms with Crippen molar-refractivity contribution < 1.29 is 9.90 Å². The number of amides is 1. The number of aryl methyl sites for hydroxylation is 1. The number of carbonyl (C=O) groups excluding carboxylic acids is 1. The molecule has 21 heavy (non-hydrogen) atoms. The molecule has 2 aromatic rings. The number of likely N-dealkylation sites (tertiary alicyclic amines) is 1. The molecule has 4 nitrogen and oxygen atoms in total. The van der Waals surface area contributed by atoms with Crippen LogP contribution in [0.15, 0.2) is 22.9 Å². The smallest absolute Gasteiger partial charge is 0.273 e. The molecule has 0 bridgehead atoms. The van der Waals surface area contributed by atoms with E-state index < -0.39 is 6.10 Å². The second kappa shape index (κ2) is 6.25. The van der Waals surface area contributed by atoms with Crippen molar-refractivity contribution in [2.75, 3.05) is 13.1 Å². The Kier molecular flexibility index (Phi) is 4.37. The van der Waals surface area contributed by atoms with Gasteiger partial charge in [0.15, 0.2) is 0 Å². The number of carbonyl (C=O) groups is 1. The molecule has 1 saturated heterocycles. The lowest BCUT2D eigenvalue weighted by molar-refractivity contribution is 0.0470. The van der Waals surface area contributed by atoms with Crippen LogP contribution in [0.5, 0.6) is 0 Å². The molecule has 6 heteroatoms. The lowest BCUT2D eigenvalue weighted by Gasteiger charge is -2.33. The van der Waals surface area contributed by atoms with Gasteiger partial charge in [-0.3, -0.25) is 4.79 Å². The SMILES string of the molecule is Cc1nc(C(=O)N2CCC([C@@H](O)c3cccs3)CC2)cs1. The van der Waals surface area contributed by atoms with Gasteiger partial charge in [-0.25, -0.2) is 4.98 Å². The van der Waals surface area contributed by atoms with Crippen LogP contribution in [-0.4, -0.2) is 34.0 Å². The lowest BCUT2D eigenvalue weighted by Crippen LogP contribution is -2.39. The summed E-state index contributed by atoms with van der Waals surface area (Å²) in [5.74, 6) is 0.258. The van der Waals surface area contributed by atoms with Crippen LogP contribution >= 0.6 is 22.7 Å². The normalized spacial score (nSPS) is 17.9. The fraction of sp³-hybridized carbons (Fsp3) is 0.467. The van der Waals surface area contributed by atoms with Crippen LogP contribution in [0.2, 0.25) is 0 Å². The third-order valence-corrected chi connectivity index (χ3v) is 5.66. The Labute approximate surface area is 132 Å². The van der Waals surface area contributed by atoms with E-state index in [2.05, 4.69) is 4.98 Å². The topological polar surface area (TPSA) is 53.4 Å². The largest absolute Gasteiger partial charge is 0.387 e. The fourth-order valence-electron chi connectivity index (χ4n) is 2.73. The summed E-state index contributed by atoms with van der Waals surface area (Å²) in [6, 6.07) is 3.94. The van der Waals surface area contributed by atoms with Gasteiger partial charge in [0.1, 0.15) is 5.69 Å². The van der Waals surface area contributed by atoms with Crippen LogP contribution in [0.25, 0.3) is 0 Å². The number of aromatic nitrogens is 1. The van der Waals surface area contributed by atoms with Crippen molar-refractivity contribution in [2.45, 2.75) is 25.9 Å². The average Bonchev–Trinajstić information content (AvgIpc) is 3.17.